The van der Waals surface area contributed by atoms with E-state index in [0.29, 0.717) is 6.54 Å². The van der Waals surface area contributed by atoms with Gasteiger partial charge in [-0.1, -0.05) is 12.1 Å². The first-order valence-electron chi connectivity index (χ1n) is 5.55. The number of benzene rings is 1. The topological polar surface area (TPSA) is 41.3 Å². The molecule has 16 heavy (non-hydrogen) atoms. The van der Waals surface area contributed by atoms with Crippen LogP contribution in [-0.2, 0) is 6.54 Å². The molecular weight excluding hydrogens is 202 g/mol. The molecule has 4 nitrogen and oxygen atoms in total. The Labute approximate surface area is 95.1 Å². The maximum atomic E-state index is 9.11. The van der Waals surface area contributed by atoms with Crippen LogP contribution in [0, 0.1) is 0 Å². The Hall–Kier alpha value is -1.55. The van der Waals surface area contributed by atoms with Crippen molar-refractivity contribution in [3.63, 3.8) is 0 Å². The minimum atomic E-state index is 0.130. The molecule has 0 amide bonds. The Balaban J connectivity index is 2.58. The van der Waals surface area contributed by atoms with E-state index in [-0.39, 0.29) is 6.61 Å². The van der Waals surface area contributed by atoms with E-state index in [9.17, 15) is 0 Å². The summed E-state index contributed by atoms with van der Waals surface area (Å²) >= 11 is 0. The zero-order chi connectivity index (χ0) is 11.5. The summed E-state index contributed by atoms with van der Waals surface area (Å²) in [6.07, 6.45) is 0. The van der Waals surface area contributed by atoms with Crippen molar-refractivity contribution in [3.8, 4) is 0 Å². The molecule has 1 aromatic heterocycles. The van der Waals surface area contributed by atoms with Crippen LogP contribution in [0.1, 0.15) is 6.92 Å². The van der Waals surface area contributed by atoms with Crippen molar-refractivity contribution in [3.05, 3.63) is 24.3 Å². The zero-order valence-electron chi connectivity index (χ0n) is 9.72. The van der Waals surface area contributed by atoms with E-state index in [0.717, 1.165) is 23.5 Å². The van der Waals surface area contributed by atoms with Gasteiger partial charge < -0.3 is 14.6 Å². The summed E-state index contributed by atoms with van der Waals surface area (Å²) in [6, 6.07) is 8.00. The van der Waals surface area contributed by atoms with Gasteiger partial charge in [0.05, 0.1) is 17.6 Å². The Morgan fingerprint density at radius 1 is 1.38 bits per heavy atom. The number of aliphatic hydroxyl groups excluding tert-OH is 1. The SMILES string of the molecule is CCN(C)c1nc2ccccc2n1CCO. The van der Waals surface area contributed by atoms with Crippen LogP contribution in [-0.4, -0.2) is 34.9 Å². The molecule has 4 heteroatoms. The molecule has 1 N–H and O–H groups in total. The average Bonchev–Trinajstić information content (AvgIpc) is 2.68. The third kappa shape index (κ3) is 1.76. The number of hydrogen-bond acceptors (Lipinski definition) is 3. The lowest BCUT2D eigenvalue weighted by atomic mass is 10.3. The highest BCUT2D eigenvalue weighted by atomic mass is 16.3. The van der Waals surface area contributed by atoms with Gasteiger partial charge in [0.2, 0.25) is 5.95 Å². The van der Waals surface area contributed by atoms with Crippen LogP contribution < -0.4 is 4.90 Å². The average molecular weight is 219 g/mol. The normalized spacial score (nSPS) is 10.9. The third-order valence-electron chi connectivity index (χ3n) is 2.77. The lowest BCUT2D eigenvalue weighted by Gasteiger charge is -2.17. The fourth-order valence-corrected chi connectivity index (χ4v) is 1.82. The smallest absolute Gasteiger partial charge is 0.206 e. The van der Waals surface area contributed by atoms with Crippen LogP contribution in [0.25, 0.3) is 11.0 Å². The van der Waals surface area contributed by atoms with Crippen molar-refractivity contribution in [2.24, 2.45) is 0 Å². The van der Waals surface area contributed by atoms with Crippen molar-refractivity contribution in [1.82, 2.24) is 9.55 Å². The number of imidazole rings is 1. The summed E-state index contributed by atoms with van der Waals surface area (Å²) in [6.45, 7) is 3.70. The lowest BCUT2D eigenvalue weighted by Crippen LogP contribution is -2.21. The number of rotatable bonds is 4. The van der Waals surface area contributed by atoms with Crippen molar-refractivity contribution in [2.75, 3.05) is 25.1 Å². The van der Waals surface area contributed by atoms with Gasteiger partial charge in [0.25, 0.3) is 0 Å². The highest BCUT2D eigenvalue weighted by Gasteiger charge is 2.12. The number of aliphatic hydroxyl groups is 1. The fourth-order valence-electron chi connectivity index (χ4n) is 1.82. The maximum absolute atomic E-state index is 9.11. The second-order valence-corrected chi connectivity index (χ2v) is 3.79. The van der Waals surface area contributed by atoms with Crippen molar-refractivity contribution in [2.45, 2.75) is 13.5 Å². The fraction of sp³-hybridized carbons (Fsp3) is 0.417. The van der Waals surface area contributed by atoms with Gasteiger partial charge in [-0.15, -0.1) is 0 Å². The van der Waals surface area contributed by atoms with Crippen LogP contribution in [0.2, 0.25) is 0 Å². The highest BCUT2D eigenvalue weighted by molar-refractivity contribution is 5.78. The van der Waals surface area contributed by atoms with Gasteiger partial charge in [0.15, 0.2) is 0 Å². The van der Waals surface area contributed by atoms with Crippen molar-refractivity contribution in [1.29, 1.82) is 0 Å². The third-order valence-corrected chi connectivity index (χ3v) is 2.77. The lowest BCUT2D eigenvalue weighted by molar-refractivity contribution is 0.278. The predicted molar refractivity (Wildman–Crippen MR) is 65.8 cm³/mol. The van der Waals surface area contributed by atoms with Gasteiger partial charge in [0.1, 0.15) is 0 Å². The van der Waals surface area contributed by atoms with Gasteiger partial charge in [-0.3, -0.25) is 0 Å². The van der Waals surface area contributed by atoms with E-state index in [1.807, 2.05) is 31.3 Å². The van der Waals surface area contributed by atoms with Gasteiger partial charge in [-0.25, -0.2) is 4.98 Å². The summed E-state index contributed by atoms with van der Waals surface area (Å²) < 4.78 is 2.05. The molecule has 0 saturated carbocycles. The molecule has 2 aromatic rings. The second-order valence-electron chi connectivity index (χ2n) is 3.79. The molecule has 0 unspecified atom stereocenters. The Bertz CT molecular complexity index is 478. The molecule has 0 aliphatic heterocycles. The Kier molecular flexibility index (Phi) is 3.10. The van der Waals surface area contributed by atoms with Crippen molar-refractivity contribution >= 4 is 17.0 Å². The number of anilines is 1. The van der Waals surface area contributed by atoms with Crippen LogP contribution in [0.4, 0.5) is 5.95 Å². The summed E-state index contributed by atoms with van der Waals surface area (Å²) in [5.74, 6) is 0.915. The number of hydrogen-bond donors (Lipinski definition) is 1. The molecule has 0 saturated heterocycles. The van der Waals surface area contributed by atoms with Gasteiger partial charge in [-0.2, -0.15) is 0 Å². The largest absolute Gasteiger partial charge is 0.395 e. The summed E-state index contributed by atoms with van der Waals surface area (Å²) in [4.78, 5) is 6.66. The molecule has 1 aromatic carbocycles. The molecule has 0 aliphatic rings. The number of nitrogens with zero attached hydrogens (tertiary/aromatic N) is 3. The molecule has 1 heterocycles. The number of aromatic nitrogens is 2. The molecule has 0 aliphatic carbocycles. The molecule has 0 radical (unpaired) electrons. The summed E-state index contributed by atoms with van der Waals surface area (Å²) in [5.41, 5.74) is 2.05. The molecule has 86 valence electrons. The first kappa shape index (κ1) is 11.0. The van der Waals surface area contributed by atoms with E-state index in [4.69, 9.17) is 5.11 Å². The minimum Gasteiger partial charge on any atom is -0.395 e. The van der Waals surface area contributed by atoms with E-state index in [2.05, 4.69) is 21.4 Å². The van der Waals surface area contributed by atoms with E-state index in [1.54, 1.807) is 0 Å². The molecule has 0 bridgehead atoms. The number of fused-ring (bicyclic) bond motifs is 1. The zero-order valence-corrected chi connectivity index (χ0v) is 9.72. The molecule has 0 spiro atoms. The monoisotopic (exact) mass is 219 g/mol. The minimum absolute atomic E-state index is 0.130. The van der Waals surface area contributed by atoms with Gasteiger partial charge >= 0.3 is 0 Å². The quantitative estimate of drug-likeness (QED) is 0.847. The van der Waals surface area contributed by atoms with E-state index in [1.165, 1.54) is 0 Å². The molecule has 0 fully saturated rings. The first-order chi connectivity index (χ1) is 7.77. The summed E-state index contributed by atoms with van der Waals surface area (Å²) in [7, 11) is 2.01. The predicted octanol–water partition coefficient (Wildman–Crippen LogP) is 1.48. The number of para-hydroxylation sites is 2. The van der Waals surface area contributed by atoms with E-state index < -0.39 is 0 Å². The van der Waals surface area contributed by atoms with Crippen LogP contribution in [0.5, 0.6) is 0 Å². The van der Waals surface area contributed by atoms with E-state index >= 15 is 0 Å². The standard InChI is InChI=1S/C12H17N3O/c1-3-14(2)12-13-10-6-4-5-7-11(10)15(12)8-9-16/h4-7,16H,3,8-9H2,1-2H3. The Morgan fingerprint density at radius 2 is 2.12 bits per heavy atom. The van der Waals surface area contributed by atoms with Crippen LogP contribution in [0.15, 0.2) is 24.3 Å². The Morgan fingerprint density at radius 3 is 2.81 bits per heavy atom. The first-order valence-corrected chi connectivity index (χ1v) is 5.55. The summed E-state index contributed by atoms with van der Waals surface area (Å²) in [5, 5.41) is 9.11. The maximum Gasteiger partial charge on any atom is 0.206 e. The van der Waals surface area contributed by atoms with Crippen LogP contribution in [0.3, 0.4) is 0 Å². The molecule has 2 rings (SSSR count). The van der Waals surface area contributed by atoms with Gasteiger partial charge in [-0.05, 0) is 19.1 Å². The van der Waals surface area contributed by atoms with Crippen LogP contribution >= 0.6 is 0 Å². The second kappa shape index (κ2) is 4.53. The highest BCUT2D eigenvalue weighted by Crippen LogP contribution is 2.21. The van der Waals surface area contributed by atoms with Crippen molar-refractivity contribution < 1.29 is 5.11 Å². The molecular formula is C12H17N3O. The molecule has 0 atom stereocenters. The van der Waals surface area contributed by atoms with Gasteiger partial charge in [0, 0.05) is 20.1 Å².